The highest BCUT2D eigenvalue weighted by atomic mass is 14.9. The number of fused-ring (bicyclic) bond motifs is 1. The van der Waals surface area contributed by atoms with Crippen LogP contribution in [0, 0.1) is 12.8 Å². The van der Waals surface area contributed by atoms with Crippen LogP contribution in [0.5, 0.6) is 0 Å². The van der Waals surface area contributed by atoms with E-state index in [1.165, 1.54) is 17.5 Å². The lowest BCUT2D eigenvalue weighted by Gasteiger charge is -2.17. The van der Waals surface area contributed by atoms with E-state index in [9.17, 15) is 0 Å². The number of hydrogen-bond donors (Lipinski definition) is 1. The van der Waals surface area contributed by atoms with Gasteiger partial charge in [0.15, 0.2) is 0 Å². The summed E-state index contributed by atoms with van der Waals surface area (Å²) in [6, 6.07) is 7.25. The van der Waals surface area contributed by atoms with Crippen LogP contribution in [-0.4, -0.2) is 6.54 Å². The molecular weight excluding hydrogens is 170 g/mol. The topological polar surface area (TPSA) is 12.0 Å². The standard InChI is InChI=1S/C13H19N/c1-4-14-13-10(3)8-12-9(2)6-5-7-11(12)13/h5-7,10,13-14H,4,8H2,1-3H3. The Morgan fingerprint density at radius 3 is 2.93 bits per heavy atom. The summed E-state index contributed by atoms with van der Waals surface area (Å²) in [5, 5.41) is 3.58. The van der Waals surface area contributed by atoms with E-state index in [0.29, 0.717) is 6.04 Å². The summed E-state index contributed by atoms with van der Waals surface area (Å²) < 4.78 is 0. The van der Waals surface area contributed by atoms with Gasteiger partial charge in [-0.15, -0.1) is 0 Å². The predicted molar refractivity (Wildman–Crippen MR) is 60.5 cm³/mol. The largest absolute Gasteiger partial charge is 0.310 e. The Bertz CT molecular complexity index is 330. The Kier molecular flexibility index (Phi) is 2.60. The zero-order chi connectivity index (χ0) is 10.1. The van der Waals surface area contributed by atoms with Crippen molar-refractivity contribution in [2.75, 3.05) is 6.54 Å². The summed E-state index contributed by atoms with van der Waals surface area (Å²) in [5.74, 6) is 0.742. The third-order valence-corrected chi connectivity index (χ3v) is 3.30. The maximum absolute atomic E-state index is 3.58. The van der Waals surface area contributed by atoms with Gasteiger partial charge < -0.3 is 5.32 Å². The molecule has 76 valence electrons. The smallest absolute Gasteiger partial charge is 0.0351 e. The molecule has 1 aromatic carbocycles. The second-order valence-electron chi connectivity index (χ2n) is 4.36. The van der Waals surface area contributed by atoms with Crippen molar-refractivity contribution in [3.63, 3.8) is 0 Å². The minimum atomic E-state index is 0.579. The maximum atomic E-state index is 3.58. The third-order valence-electron chi connectivity index (χ3n) is 3.30. The van der Waals surface area contributed by atoms with Gasteiger partial charge in [0, 0.05) is 6.04 Å². The zero-order valence-corrected chi connectivity index (χ0v) is 9.30. The first-order valence-electron chi connectivity index (χ1n) is 5.55. The molecule has 0 heterocycles. The quantitative estimate of drug-likeness (QED) is 0.754. The monoisotopic (exact) mass is 189 g/mol. The fraction of sp³-hybridized carbons (Fsp3) is 0.538. The summed E-state index contributed by atoms with van der Waals surface area (Å²) in [6.07, 6.45) is 1.24. The molecule has 0 radical (unpaired) electrons. The average Bonchev–Trinajstić information content (AvgIpc) is 2.47. The molecular formula is C13H19N. The first-order valence-corrected chi connectivity index (χ1v) is 5.55. The molecule has 0 bridgehead atoms. The van der Waals surface area contributed by atoms with Crippen molar-refractivity contribution in [2.45, 2.75) is 33.2 Å². The van der Waals surface area contributed by atoms with Gasteiger partial charge in [-0.3, -0.25) is 0 Å². The van der Waals surface area contributed by atoms with Crippen LogP contribution < -0.4 is 5.32 Å². The molecule has 1 aliphatic rings. The van der Waals surface area contributed by atoms with Crippen LogP contribution >= 0.6 is 0 Å². The second-order valence-corrected chi connectivity index (χ2v) is 4.36. The molecule has 0 amide bonds. The van der Waals surface area contributed by atoms with Crippen LogP contribution in [0.25, 0.3) is 0 Å². The Balaban J connectivity index is 2.37. The lowest BCUT2D eigenvalue weighted by atomic mass is 10.0. The van der Waals surface area contributed by atoms with Gasteiger partial charge in [-0.05, 0) is 42.5 Å². The van der Waals surface area contributed by atoms with E-state index in [4.69, 9.17) is 0 Å². The fourth-order valence-electron chi connectivity index (χ4n) is 2.57. The molecule has 1 N–H and O–H groups in total. The van der Waals surface area contributed by atoms with Crippen molar-refractivity contribution in [1.29, 1.82) is 0 Å². The molecule has 0 aromatic heterocycles. The van der Waals surface area contributed by atoms with Gasteiger partial charge in [0.1, 0.15) is 0 Å². The van der Waals surface area contributed by atoms with Crippen LogP contribution in [0.2, 0.25) is 0 Å². The first kappa shape index (κ1) is 9.72. The SMILES string of the molecule is CCNC1c2cccc(C)c2CC1C. The molecule has 2 unspecified atom stereocenters. The number of benzene rings is 1. The number of nitrogens with one attached hydrogen (secondary N) is 1. The van der Waals surface area contributed by atoms with Gasteiger partial charge in [-0.1, -0.05) is 32.0 Å². The second kappa shape index (κ2) is 3.74. The summed E-state index contributed by atoms with van der Waals surface area (Å²) in [6.45, 7) is 7.80. The van der Waals surface area contributed by atoms with Gasteiger partial charge >= 0.3 is 0 Å². The highest BCUT2D eigenvalue weighted by molar-refractivity contribution is 5.41. The van der Waals surface area contributed by atoms with Crippen LogP contribution in [0.3, 0.4) is 0 Å². The molecule has 0 fully saturated rings. The van der Waals surface area contributed by atoms with Crippen LogP contribution in [0.4, 0.5) is 0 Å². The van der Waals surface area contributed by atoms with Crippen LogP contribution in [0.1, 0.15) is 36.6 Å². The summed E-state index contributed by atoms with van der Waals surface area (Å²) in [7, 11) is 0. The molecule has 1 nitrogen and oxygen atoms in total. The minimum absolute atomic E-state index is 0.579. The molecule has 14 heavy (non-hydrogen) atoms. The number of hydrogen-bond acceptors (Lipinski definition) is 1. The van der Waals surface area contributed by atoms with Gasteiger partial charge in [-0.25, -0.2) is 0 Å². The van der Waals surface area contributed by atoms with Crippen molar-refractivity contribution in [1.82, 2.24) is 5.32 Å². The van der Waals surface area contributed by atoms with E-state index in [0.717, 1.165) is 12.5 Å². The van der Waals surface area contributed by atoms with Crippen LogP contribution in [-0.2, 0) is 6.42 Å². The maximum Gasteiger partial charge on any atom is 0.0351 e. The molecule has 0 saturated heterocycles. The Hall–Kier alpha value is -0.820. The van der Waals surface area contributed by atoms with E-state index >= 15 is 0 Å². The van der Waals surface area contributed by atoms with Gasteiger partial charge in [0.05, 0.1) is 0 Å². The number of rotatable bonds is 2. The van der Waals surface area contributed by atoms with E-state index < -0.39 is 0 Å². The lowest BCUT2D eigenvalue weighted by Crippen LogP contribution is -2.23. The highest BCUT2D eigenvalue weighted by Crippen LogP contribution is 2.37. The molecule has 0 aliphatic heterocycles. The molecule has 2 rings (SSSR count). The molecule has 0 saturated carbocycles. The van der Waals surface area contributed by atoms with Crippen LogP contribution in [0.15, 0.2) is 18.2 Å². The van der Waals surface area contributed by atoms with Crippen molar-refractivity contribution in [2.24, 2.45) is 5.92 Å². The normalized spacial score (nSPS) is 25.1. The Morgan fingerprint density at radius 2 is 2.21 bits per heavy atom. The number of aryl methyl sites for hydroxylation is 1. The minimum Gasteiger partial charge on any atom is -0.310 e. The van der Waals surface area contributed by atoms with Crippen molar-refractivity contribution in [3.8, 4) is 0 Å². The highest BCUT2D eigenvalue weighted by Gasteiger charge is 2.28. The van der Waals surface area contributed by atoms with E-state index in [-0.39, 0.29) is 0 Å². The van der Waals surface area contributed by atoms with Crippen molar-refractivity contribution < 1.29 is 0 Å². The van der Waals surface area contributed by atoms with Crippen molar-refractivity contribution in [3.05, 3.63) is 34.9 Å². The zero-order valence-electron chi connectivity index (χ0n) is 9.30. The predicted octanol–water partition coefficient (Wildman–Crippen LogP) is 2.84. The molecule has 1 aliphatic carbocycles. The molecule has 2 atom stereocenters. The molecule has 0 spiro atoms. The first-order chi connectivity index (χ1) is 6.74. The Labute approximate surface area is 86.5 Å². The summed E-state index contributed by atoms with van der Waals surface area (Å²) >= 11 is 0. The van der Waals surface area contributed by atoms with Crippen molar-refractivity contribution >= 4 is 0 Å². The summed E-state index contributed by atoms with van der Waals surface area (Å²) in [4.78, 5) is 0. The fourth-order valence-corrected chi connectivity index (χ4v) is 2.57. The third kappa shape index (κ3) is 1.46. The molecule has 1 aromatic rings. The van der Waals surface area contributed by atoms with E-state index in [1.807, 2.05) is 0 Å². The van der Waals surface area contributed by atoms with E-state index in [1.54, 1.807) is 5.56 Å². The van der Waals surface area contributed by atoms with Gasteiger partial charge in [0.2, 0.25) is 0 Å². The molecule has 1 heteroatoms. The average molecular weight is 189 g/mol. The Morgan fingerprint density at radius 1 is 1.43 bits per heavy atom. The van der Waals surface area contributed by atoms with E-state index in [2.05, 4.69) is 44.3 Å². The summed E-state index contributed by atoms with van der Waals surface area (Å²) in [5.41, 5.74) is 4.56. The lowest BCUT2D eigenvalue weighted by molar-refractivity contribution is 0.426. The van der Waals surface area contributed by atoms with Gasteiger partial charge in [0.25, 0.3) is 0 Å². The van der Waals surface area contributed by atoms with Gasteiger partial charge in [-0.2, -0.15) is 0 Å².